The van der Waals surface area contributed by atoms with Crippen molar-refractivity contribution < 1.29 is 18.8 Å². The number of aryl methyl sites for hydroxylation is 1. The summed E-state index contributed by atoms with van der Waals surface area (Å²) in [4.78, 5) is 0. The van der Waals surface area contributed by atoms with Gasteiger partial charge in [0.25, 0.3) is 0 Å². The van der Waals surface area contributed by atoms with Crippen LogP contribution in [-0.4, -0.2) is 32.5 Å². The molecule has 0 amide bonds. The van der Waals surface area contributed by atoms with Gasteiger partial charge in [0.05, 0.1) is 25.4 Å². The van der Waals surface area contributed by atoms with E-state index >= 15 is 0 Å². The van der Waals surface area contributed by atoms with Crippen molar-refractivity contribution in [2.24, 2.45) is 0 Å². The first-order chi connectivity index (χ1) is 10.6. The van der Waals surface area contributed by atoms with Crippen LogP contribution in [0, 0.1) is 6.92 Å². The highest BCUT2D eigenvalue weighted by Gasteiger charge is 2.51. The van der Waals surface area contributed by atoms with Gasteiger partial charge in [-0.1, -0.05) is 19.1 Å². The molecule has 5 heteroatoms. The van der Waals surface area contributed by atoms with Gasteiger partial charge in [0.1, 0.15) is 0 Å². The smallest absolute Gasteiger partial charge is 0.458 e. The summed E-state index contributed by atoms with van der Waals surface area (Å²) in [5.41, 5.74) is 1.58. The molecule has 1 fully saturated rings. The molecular formula is C18H29BO4. The molecule has 0 saturated carbocycles. The molecule has 2 rings (SSSR count). The molecule has 1 aromatic carbocycles. The van der Waals surface area contributed by atoms with Gasteiger partial charge < -0.3 is 18.8 Å². The minimum absolute atomic E-state index is 0.216. The fourth-order valence-electron chi connectivity index (χ4n) is 3.01. The summed E-state index contributed by atoms with van der Waals surface area (Å²) in [6.07, 6.45) is 0.773. The number of hydrogen-bond donors (Lipinski definition) is 0. The molecule has 0 unspecified atom stereocenters. The summed E-state index contributed by atoms with van der Waals surface area (Å²) in [6.45, 7) is 12.5. The Morgan fingerprint density at radius 2 is 1.52 bits per heavy atom. The summed E-state index contributed by atoms with van der Waals surface area (Å²) >= 11 is 0. The Hall–Kier alpha value is -1.20. The number of ether oxygens (including phenoxy) is 2. The SMILES string of the molecule is COc1c(C)ccc([C@@H](C)CB2OC(C)(C)C(C)(C)O2)c1OC. The van der Waals surface area contributed by atoms with Crippen LogP contribution in [0.1, 0.15) is 51.7 Å². The second kappa shape index (κ2) is 6.37. The quantitative estimate of drug-likeness (QED) is 0.762. The van der Waals surface area contributed by atoms with Crippen molar-refractivity contribution >= 4 is 7.12 Å². The Kier molecular flexibility index (Phi) is 5.02. The van der Waals surface area contributed by atoms with Gasteiger partial charge in [-0.2, -0.15) is 0 Å². The Morgan fingerprint density at radius 1 is 1.00 bits per heavy atom. The van der Waals surface area contributed by atoms with Crippen LogP contribution in [0.2, 0.25) is 6.32 Å². The van der Waals surface area contributed by atoms with Gasteiger partial charge in [0.2, 0.25) is 0 Å². The van der Waals surface area contributed by atoms with E-state index in [2.05, 4.69) is 46.8 Å². The van der Waals surface area contributed by atoms with E-state index in [1.165, 1.54) is 0 Å². The van der Waals surface area contributed by atoms with Crippen molar-refractivity contribution in [3.63, 3.8) is 0 Å². The molecule has 1 aliphatic rings. The highest BCUT2D eigenvalue weighted by Crippen LogP contribution is 2.43. The van der Waals surface area contributed by atoms with Crippen LogP contribution < -0.4 is 9.47 Å². The maximum Gasteiger partial charge on any atom is 0.458 e. The molecule has 1 aromatic rings. The zero-order chi connectivity index (χ0) is 17.4. The normalized spacial score (nSPS) is 20.4. The first-order valence-electron chi connectivity index (χ1n) is 8.20. The predicted octanol–water partition coefficient (Wildman–Crippen LogP) is 4.21. The first-order valence-corrected chi connectivity index (χ1v) is 8.20. The Labute approximate surface area is 140 Å². The van der Waals surface area contributed by atoms with E-state index in [-0.39, 0.29) is 24.2 Å². The van der Waals surface area contributed by atoms with Crippen LogP contribution >= 0.6 is 0 Å². The summed E-state index contributed by atoms with van der Waals surface area (Å²) in [7, 11) is 3.14. The first kappa shape index (κ1) is 18.1. The van der Waals surface area contributed by atoms with E-state index in [0.717, 1.165) is 28.9 Å². The molecule has 0 aliphatic carbocycles. The molecule has 1 heterocycles. The molecule has 128 valence electrons. The molecule has 0 N–H and O–H groups in total. The van der Waals surface area contributed by atoms with Crippen LogP contribution in [0.25, 0.3) is 0 Å². The second-order valence-corrected chi connectivity index (χ2v) is 7.36. The summed E-state index contributed by atoms with van der Waals surface area (Å²) in [6, 6.07) is 4.17. The summed E-state index contributed by atoms with van der Waals surface area (Å²) < 4.78 is 23.3. The van der Waals surface area contributed by atoms with Gasteiger partial charge >= 0.3 is 7.12 Å². The van der Waals surface area contributed by atoms with Gasteiger partial charge in [-0.05, 0) is 52.4 Å². The van der Waals surface area contributed by atoms with E-state index in [0.29, 0.717) is 0 Å². The third-order valence-corrected chi connectivity index (χ3v) is 5.13. The average molecular weight is 320 g/mol. The lowest BCUT2D eigenvalue weighted by Gasteiger charge is -2.32. The molecule has 1 atom stereocenters. The zero-order valence-corrected chi connectivity index (χ0v) is 15.6. The van der Waals surface area contributed by atoms with Crippen molar-refractivity contribution in [2.45, 2.75) is 65.0 Å². The van der Waals surface area contributed by atoms with E-state index < -0.39 is 0 Å². The lowest BCUT2D eigenvalue weighted by Crippen LogP contribution is -2.41. The standard InChI is InChI=1S/C18H29BO4/c1-12-9-10-14(16(21-8)15(12)20-7)13(2)11-19-22-17(3,4)18(5,6)23-19/h9-10,13H,11H2,1-8H3/t13-/m0/s1. The maximum absolute atomic E-state index is 6.12. The molecule has 23 heavy (non-hydrogen) atoms. The Bertz CT molecular complexity index is 552. The summed E-state index contributed by atoms with van der Waals surface area (Å²) in [5, 5.41) is 0. The monoisotopic (exact) mass is 320 g/mol. The van der Waals surface area contributed by atoms with Crippen LogP contribution in [-0.2, 0) is 9.31 Å². The molecule has 1 aliphatic heterocycles. The topological polar surface area (TPSA) is 36.9 Å². The van der Waals surface area contributed by atoms with Crippen molar-refractivity contribution in [1.82, 2.24) is 0 Å². The highest BCUT2D eigenvalue weighted by molar-refractivity contribution is 6.45. The minimum Gasteiger partial charge on any atom is -0.493 e. The molecular weight excluding hydrogens is 291 g/mol. The third-order valence-electron chi connectivity index (χ3n) is 5.13. The predicted molar refractivity (Wildman–Crippen MR) is 93.6 cm³/mol. The van der Waals surface area contributed by atoms with E-state index in [9.17, 15) is 0 Å². The fraction of sp³-hybridized carbons (Fsp3) is 0.667. The van der Waals surface area contributed by atoms with E-state index in [1.54, 1.807) is 14.2 Å². The lowest BCUT2D eigenvalue weighted by molar-refractivity contribution is 0.00578. The van der Waals surface area contributed by atoms with Gasteiger partial charge in [-0.3, -0.25) is 0 Å². The van der Waals surface area contributed by atoms with Crippen molar-refractivity contribution in [1.29, 1.82) is 0 Å². The van der Waals surface area contributed by atoms with E-state index in [4.69, 9.17) is 18.8 Å². The average Bonchev–Trinajstić information content (AvgIpc) is 2.65. The van der Waals surface area contributed by atoms with Gasteiger partial charge in [0.15, 0.2) is 11.5 Å². The van der Waals surface area contributed by atoms with Crippen molar-refractivity contribution in [3.05, 3.63) is 23.3 Å². The Balaban J connectivity index is 2.21. The van der Waals surface area contributed by atoms with Gasteiger partial charge in [-0.15, -0.1) is 0 Å². The Morgan fingerprint density at radius 3 is 2.00 bits per heavy atom. The number of benzene rings is 1. The van der Waals surface area contributed by atoms with Crippen LogP contribution in [0.3, 0.4) is 0 Å². The van der Waals surface area contributed by atoms with Crippen molar-refractivity contribution in [2.75, 3.05) is 14.2 Å². The second-order valence-electron chi connectivity index (χ2n) is 7.36. The molecule has 4 nitrogen and oxygen atoms in total. The molecule has 0 aromatic heterocycles. The van der Waals surface area contributed by atoms with Gasteiger partial charge in [0, 0.05) is 5.56 Å². The lowest BCUT2D eigenvalue weighted by atomic mass is 9.75. The molecule has 0 radical (unpaired) electrons. The zero-order valence-electron chi connectivity index (χ0n) is 15.6. The minimum atomic E-state index is -0.299. The maximum atomic E-state index is 6.12. The largest absolute Gasteiger partial charge is 0.493 e. The summed E-state index contributed by atoms with van der Waals surface area (Å²) in [5.74, 6) is 1.83. The van der Waals surface area contributed by atoms with Gasteiger partial charge in [-0.25, -0.2) is 0 Å². The fourth-order valence-corrected chi connectivity index (χ4v) is 3.01. The number of methoxy groups -OCH3 is 2. The molecule has 0 bridgehead atoms. The number of rotatable bonds is 5. The third kappa shape index (κ3) is 3.36. The van der Waals surface area contributed by atoms with Crippen LogP contribution in [0.5, 0.6) is 11.5 Å². The van der Waals surface area contributed by atoms with Crippen molar-refractivity contribution in [3.8, 4) is 11.5 Å². The molecule has 1 saturated heterocycles. The molecule has 0 spiro atoms. The highest BCUT2D eigenvalue weighted by atomic mass is 16.7. The van der Waals surface area contributed by atoms with E-state index in [1.807, 2.05) is 6.92 Å². The number of hydrogen-bond acceptors (Lipinski definition) is 4. The van der Waals surface area contributed by atoms with Crippen LogP contribution in [0.4, 0.5) is 0 Å². The van der Waals surface area contributed by atoms with Crippen LogP contribution in [0.15, 0.2) is 12.1 Å².